The molecule has 0 aliphatic rings. The fourth-order valence-electron chi connectivity index (χ4n) is 1.23. The standard InChI is InChI=1S/C9H8ClIN4/c10-4-8(12)13-5-1-2-6-7(3-5)14-15-9(6)11/h1-3H,4H2,(H2,12,13)(H,14,15). The van der Waals surface area contributed by atoms with Crippen molar-refractivity contribution in [2.24, 2.45) is 10.7 Å². The summed E-state index contributed by atoms with van der Waals surface area (Å²) >= 11 is 7.74. The van der Waals surface area contributed by atoms with E-state index in [1.54, 1.807) is 0 Å². The minimum atomic E-state index is 0.232. The van der Waals surface area contributed by atoms with Gasteiger partial charge in [0.05, 0.1) is 17.1 Å². The number of nitrogens with two attached hydrogens (primary N) is 1. The van der Waals surface area contributed by atoms with Crippen molar-refractivity contribution < 1.29 is 0 Å². The normalized spacial score (nSPS) is 12.3. The lowest BCUT2D eigenvalue weighted by molar-refractivity contribution is 1.09. The van der Waals surface area contributed by atoms with Gasteiger partial charge in [-0.3, -0.25) is 5.10 Å². The van der Waals surface area contributed by atoms with Crippen LogP contribution in [-0.2, 0) is 0 Å². The highest BCUT2D eigenvalue weighted by atomic mass is 127. The molecule has 1 heterocycles. The number of rotatable bonds is 2. The van der Waals surface area contributed by atoms with E-state index in [-0.39, 0.29) is 5.88 Å². The zero-order valence-electron chi connectivity index (χ0n) is 7.67. The van der Waals surface area contributed by atoms with E-state index in [9.17, 15) is 0 Å². The molecule has 1 aromatic heterocycles. The van der Waals surface area contributed by atoms with Gasteiger partial charge < -0.3 is 5.73 Å². The van der Waals surface area contributed by atoms with Crippen LogP contribution < -0.4 is 5.73 Å². The number of aromatic nitrogens is 2. The van der Waals surface area contributed by atoms with Gasteiger partial charge in [-0.1, -0.05) is 0 Å². The van der Waals surface area contributed by atoms with Crippen LogP contribution >= 0.6 is 34.2 Å². The number of benzene rings is 1. The van der Waals surface area contributed by atoms with Crippen LogP contribution in [0.3, 0.4) is 0 Å². The predicted octanol–water partition coefficient (Wildman–Crippen LogP) is 2.39. The van der Waals surface area contributed by atoms with Crippen LogP contribution in [0.4, 0.5) is 5.69 Å². The number of fused-ring (bicyclic) bond motifs is 1. The van der Waals surface area contributed by atoms with Gasteiger partial charge >= 0.3 is 0 Å². The molecule has 0 radical (unpaired) electrons. The second-order valence-electron chi connectivity index (χ2n) is 2.98. The molecule has 0 saturated carbocycles. The lowest BCUT2D eigenvalue weighted by atomic mass is 10.2. The van der Waals surface area contributed by atoms with Gasteiger partial charge in [-0.2, -0.15) is 5.10 Å². The van der Waals surface area contributed by atoms with Crippen LogP contribution in [0.2, 0.25) is 0 Å². The van der Waals surface area contributed by atoms with Crippen molar-refractivity contribution in [2.75, 3.05) is 5.88 Å². The summed E-state index contributed by atoms with van der Waals surface area (Å²) in [6, 6.07) is 5.72. The Morgan fingerprint density at radius 2 is 2.40 bits per heavy atom. The van der Waals surface area contributed by atoms with Gasteiger partial charge in [-0.25, -0.2) is 4.99 Å². The summed E-state index contributed by atoms with van der Waals surface area (Å²) < 4.78 is 1.02. The third-order valence-electron chi connectivity index (χ3n) is 1.90. The number of H-pyrrole nitrogens is 1. The summed E-state index contributed by atoms with van der Waals surface area (Å²) in [5, 5.41) is 8.12. The Kier molecular flexibility index (Phi) is 3.11. The van der Waals surface area contributed by atoms with E-state index < -0.39 is 0 Å². The largest absolute Gasteiger partial charge is 0.386 e. The molecule has 15 heavy (non-hydrogen) atoms. The summed E-state index contributed by atoms with van der Waals surface area (Å²) in [6.07, 6.45) is 0. The number of aromatic amines is 1. The minimum absolute atomic E-state index is 0.232. The minimum Gasteiger partial charge on any atom is -0.386 e. The summed E-state index contributed by atoms with van der Waals surface area (Å²) in [6.45, 7) is 0. The van der Waals surface area contributed by atoms with E-state index in [0.29, 0.717) is 5.84 Å². The van der Waals surface area contributed by atoms with Gasteiger partial charge in [0.15, 0.2) is 0 Å². The second-order valence-corrected chi connectivity index (χ2v) is 4.32. The highest BCUT2D eigenvalue weighted by molar-refractivity contribution is 14.1. The van der Waals surface area contributed by atoms with Crippen molar-refractivity contribution in [3.8, 4) is 0 Å². The van der Waals surface area contributed by atoms with Crippen molar-refractivity contribution in [1.29, 1.82) is 0 Å². The Morgan fingerprint density at radius 1 is 1.60 bits per heavy atom. The van der Waals surface area contributed by atoms with E-state index in [1.807, 2.05) is 18.2 Å². The second kappa shape index (κ2) is 4.36. The first-order valence-corrected chi connectivity index (χ1v) is 5.84. The molecule has 0 saturated heterocycles. The van der Waals surface area contributed by atoms with E-state index >= 15 is 0 Å². The Balaban J connectivity index is 2.48. The number of hydrogen-bond acceptors (Lipinski definition) is 2. The first-order chi connectivity index (χ1) is 7.20. The number of alkyl halides is 1. The summed E-state index contributed by atoms with van der Waals surface area (Å²) in [7, 11) is 0. The van der Waals surface area contributed by atoms with Crippen molar-refractivity contribution in [3.05, 3.63) is 21.9 Å². The molecule has 0 spiro atoms. The molecule has 0 aliphatic heterocycles. The Morgan fingerprint density at radius 3 is 3.13 bits per heavy atom. The third-order valence-corrected chi connectivity index (χ3v) is 3.00. The predicted molar refractivity (Wildman–Crippen MR) is 70.8 cm³/mol. The summed E-state index contributed by atoms with van der Waals surface area (Å²) in [5.41, 5.74) is 7.19. The van der Waals surface area contributed by atoms with Crippen LogP contribution in [0.5, 0.6) is 0 Å². The van der Waals surface area contributed by atoms with E-state index in [0.717, 1.165) is 20.3 Å². The van der Waals surface area contributed by atoms with Gasteiger partial charge in [-0.05, 0) is 40.8 Å². The van der Waals surface area contributed by atoms with E-state index in [2.05, 4.69) is 37.8 Å². The van der Waals surface area contributed by atoms with E-state index in [4.69, 9.17) is 17.3 Å². The maximum Gasteiger partial charge on any atom is 0.115 e. The molecule has 0 fully saturated rings. The topological polar surface area (TPSA) is 67.1 Å². The number of nitrogens with zero attached hydrogens (tertiary/aromatic N) is 2. The molecule has 1 aromatic carbocycles. The highest BCUT2D eigenvalue weighted by Gasteiger charge is 2.02. The fraction of sp³-hybridized carbons (Fsp3) is 0.111. The molecular weight excluding hydrogens is 326 g/mol. The number of aliphatic imine (C=N–C) groups is 1. The molecule has 2 rings (SSSR count). The van der Waals surface area contributed by atoms with Crippen molar-refractivity contribution in [2.45, 2.75) is 0 Å². The Labute approximate surface area is 105 Å². The van der Waals surface area contributed by atoms with Gasteiger partial charge in [0.1, 0.15) is 9.54 Å². The maximum atomic E-state index is 5.55. The Bertz CT molecular complexity index is 520. The average Bonchev–Trinajstić information content (AvgIpc) is 2.60. The van der Waals surface area contributed by atoms with Crippen LogP contribution in [-0.4, -0.2) is 21.9 Å². The van der Waals surface area contributed by atoms with Gasteiger partial charge in [0.2, 0.25) is 0 Å². The quantitative estimate of drug-likeness (QED) is 0.383. The van der Waals surface area contributed by atoms with Crippen molar-refractivity contribution >= 4 is 56.6 Å². The number of halogens is 2. The molecule has 3 N–H and O–H groups in total. The van der Waals surface area contributed by atoms with Crippen LogP contribution in [0.25, 0.3) is 10.9 Å². The zero-order chi connectivity index (χ0) is 10.8. The molecule has 6 heteroatoms. The maximum absolute atomic E-state index is 5.55. The van der Waals surface area contributed by atoms with Crippen LogP contribution in [0.1, 0.15) is 0 Å². The number of amidine groups is 1. The summed E-state index contributed by atoms with van der Waals surface area (Å²) in [4.78, 5) is 4.14. The molecule has 0 aliphatic carbocycles. The third kappa shape index (κ3) is 2.23. The summed E-state index contributed by atoms with van der Waals surface area (Å²) in [5.74, 6) is 0.636. The average molecular weight is 335 g/mol. The molecule has 78 valence electrons. The molecule has 0 unspecified atom stereocenters. The zero-order valence-corrected chi connectivity index (χ0v) is 10.6. The molecule has 2 aromatic rings. The van der Waals surface area contributed by atoms with Gasteiger partial charge in [0, 0.05) is 5.39 Å². The van der Waals surface area contributed by atoms with Crippen molar-refractivity contribution in [1.82, 2.24) is 10.2 Å². The first-order valence-electron chi connectivity index (χ1n) is 4.23. The SMILES string of the molecule is NC(CCl)=Nc1ccc2c(I)[nH]nc2c1. The Hall–Kier alpha value is -0.820. The smallest absolute Gasteiger partial charge is 0.115 e. The van der Waals surface area contributed by atoms with Gasteiger partial charge in [-0.15, -0.1) is 11.6 Å². The van der Waals surface area contributed by atoms with Gasteiger partial charge in [0.25, 0.3) is 0 Å². The lowest BCUT2D eigenvalue weighted by Gasteiger charge is -1.96. The molecule has 0 bridgehead atoms. The van der Waals surface area contributed by atoms with Crippen LogP contribution in [0.15, 0.2) is 23.2 Å². The van der Waals surface area contributed by atoms with Crippen molar-refractivity contribution in [3.63, 3.8) is 0 Å². The fourth-order valence-corrected chi connectivity index (χ4v) is 1.87. The molecular formula is C9H8ClIN4. The number of nitrogens with one attached hydrogen (secondary N) is 1. The lowest BCUT2D eigenvalue weighted by Crippen LogP contribution is -2.12. The molecule has 0 amide bonds. The van der Waals surface area contributed by atoms with E-state index in [1.165, 1.54) is 0 Å². The first kappa shape index (κ1) is 10.7. The van der Waals surface area contributed by atoms with Crippen LogP contribution in [0, 0.1) is 3.70 Å². The molecule has 0 atom stereocenters. The molecule has 4 nitrogen and oxygen atoms in total. The number of hydrogen-bond donors (Lipinski definition) is 2. The monoisotopic (exact) mass is 334 g/mol. The highest BCUT2D eigenvalue weighted by Crippen LogP contribution is 2.22.